The molecule has 0 aromatic heterocycles. The summed E-state index contributed by atoms with van der Waals surface area (Å²) in [5.41, 5.74) is 0.177. The Kier molecular flexibility index (Phi) is 5.72. The molecule has 0 saturated carbocycles. The number of benzene rings is 1. The predicted molar refractivity (Wildman–Crippen MR) is 62.7 cm³/mol. The number of nitrogens with one attached hydrogen (secondary N) is 1. The molecule has 1 rings (SSSR count). The van der Waals surface area contributed by atoms with Gasteiger partial charge in [0.25, 0.3) is 0 Å². The molecule has 0 heterocycles. The number of alkyl halides is 3. The van der Waals surface area contributed by atoms with Crippen LogP contribution >= 0.6 is 0 Å². The van der Waals surface area contributed by atoms with E-state index in [1.165, 1.54) is 0 Å². The van der Waals surface area contributed by atoms with Crippen LogP contribution in [-0.2, 0) is 0 Å². The van der Waals surface area contributed by atoms with E-state index in [-0.39, 0.29) is 12.0 Å². The van der Waals surface area contributed by atoms with Crippen LogP contribution in [0.1, 0.15) is 37.8 Å². The van der Waals surface area contributed by atoms with Crippen molar-refractivity contribution < 1.29 is 22.0 Å². The first kappa shape index (κ1) is 15.9. The Morgan fingerprint density at radius 2 is 1.84 bits per heavy atom. The largest absolute Gasteiger partial charge is 0.389 e. The third-order valence-corrected chi connectivity index (χ3v) is 2.76. The van der Waals surface area contributed by atoms with Crippen molar-refractivity contribution in [1.29, 1.82) is 0 Å². The van der Waals surface area contributed by atoms with Gasteiger partial charge in [-0.25, -0.2) is 8.78 Å². The Hall–Kier alpha value is -1.17. The maximum absolute atomic E-state index is 13.4. The molecule has 6 heteroatoms. The fourth-order valence-electron chi connectivity index (χ4n) is 1.73. The zero-order valence-corrected chi connectivity index (χ0v) is 10.5. The lowest BCUT2D eigenvalue weighted by Gasteiger charge is -2.15. The topological polar surface area (TPSA) is 12.0 Å². The van der Waals surface area contributed by atoms with Crippen molar-refractivity contribution in [3.63, 3.8) is 0 Å². The van der Waals surface area contributed by atoms with Gasteiger partial charge in [-0.05, 0) is 44.5 Å². The standard InChI is InChI=1S/C13H16F5N/c1-9(11-8-10(14)4-5-12(11)15)19-7-3-2-6-13(16,17)18/h4-5,8-9,19H,2-3,6-7H2,1H3. The van der Waals surface area contributed by atoms with Crippen LogP contribution in [0.4, 0.5) is 22.0 Å². The zero-order valence-electron chi connectivity index (χ0n) is 10.5. The van der Waals surface area contributed by atoms with Gasteiger partial charge in [0.1, 0.15) is 11.6 Å². The molecule has 1 aromatic carbocycles. The molecule has 1 unspecified atom stereocenters. The second kappa shape index (κ2) is 6.84. The Morgan fingerprint density at radius 3 is 2.47 bits per heavy atom. The molecular weight excluding hydrogens is 265 g/mol. The molecule has 0 aliphatic heterocycles. The van der Waals surface area contributed by atoms with Crippen molar-refractivity contribution in [3.05, 3.63) is 35.4 Å². The van der Waals surface area contributed by atoms with Crippen LogP contribution in [0.2, 0.25) is 0 Å². The minimum absolute atomic E-state index is 0.0227. The summed E-state index contributed by atoms with van der Waals surface area (Å²) in [6, 6.07) is 2.70. The molecule has 0 saturated heterocycles. The van der Waals surface area contributed by atoms with Crippen molar-refractivity contribution in [3.8, 4) is 0 Å². The van der Waals surface area contributed by atoms with Gasteiger partial charge >= 0.3 is 6.18 Å². The van der Waals surface area contributed by atoms with E-state index < -0.39 is 30.3 Å². The van der Waals surface area contributed by atoms with Crippen LogP contribution in [0.5, 0.6) is 0 Å². The second-order valence-electron chi connectivity index (χ2n) is 4.41. The van der Waals surface area contributed by atoms with Crippen molar-refractivity contribution >= 4 is 0 Å². The molecule has 1 aromatic rings. The van der Waals surface area contributed by atoms with E-state index >= 15 is 0 Å². The van der Waals surface area contributed by atoms with Gasteiger partial charge in [-0.2, -0.15) is 13.2 Å². The van der Waals surface area contributed by atoms with Gasteiger partial charge in [0.2, 0.25) is 0 Å². The van der Waals surface area contributed by atoms with Gasteiger partial charge in [-0.3, -0.25) is 0 Å². The second-order valence-corrected chi connectivity index (χ2v) is 4.41. The number of unbranched alkanes of at least 4 members (excludes halogenated alkanes) is 1. The molecule has 0 bridgehead atoms. The molecule has 0 aliphatic carbocycles. The highest BCUT2D eigenvalue weighted by Gasteiger charge is 2.25. The number of hydrogen-bond donors (Lipinski definition) is 1. The van der Waals surface area contributed by atoms with Gasteiger partial charge in [0.15, 0.2) is 0 Å². The summed E-state index contributed by atoms with van der Waals surface area (Å²) < 4.78 is 62.0. The highest BCUT2D eigenvalue weighted by Crippen LogP contribution is 2.22. The number of halogens is 5. The summed E-state index contributed by atoms with van der Waals surface area (Å²) in [7, 11) is 0. The zero-order chi connectivity index (χ0) is 14.5. The van der Waals surface area contributed by atoms with Gasteiger partial charge in [0, 0.05) is 18.0 Å². The van der Waals surface area contributed by atoms with E-state index in [1.54, 1.807) is 6.92 Å². The average molecular weight is 281 g/mol. The molecule has 0 spiro atoms. The SMILES string of the molecule is CC(NCCCCC(F)(F)F)c1cc(F)ccc1F. The molecular formula is C13H16F5N. The Bertz CT molecular complexity index is 403. The lowest BCUT2D eigenvalue weighted by Crippen LogP contribution is -2.21. The van der Waals surface area contributed by atoms with E-state index in [4.69, 9.17) is 0 Å². The molecule has 108 valence electrons. The Balaban J connectivity index is 2.35. The quantitative estimate of drug-likeness (QED) is 0.604. The van der Waals surface area contributed by atoms with E-state index in [0.29, 0.717) is 13.0 Å². The van der Waals surface area contributed by atoms with Gasteiger partial charge < -0.3 is 5.32 Å². The maximum atomic E-state index is 13.4. The highest BCUT2D eigenvalue weighted by molar-refractivity contribution is 5.21. The average Bonchev–Trinajstić information content (AvgIpc) is 2.30. The van der Waals surface area contributed by atoms with E-state index in [0.717, 1.165) is 18.2 Å². The summed E-state index contributed by atoms with van der Waals surface area (Å²) in [4.78, 5) is 0. The van der Waals surface area contributed by atoms with Crippen LogP contribution in [-0.4, -0.2) is 12.7 Å². The van der Waals surface area contributed by atoms with Crippen molar-refractivity contribution in [2.75, 3.05) is 6.54 Å². The smallest absolute Gasteiger partial charge is 0.310 e. The molecule has 1 atom stereocenters. The Labute approximate surface area is 108 Å². The van der Waals surface area contributed by atoms with Crippen LogP contribution in [0, 0.1) is 11.6 Å². The van der Waals surface area contributed by atoms with Crippen molar-refractivity contribution in [2.45, 2.75) is 38.4 Å². The molecule has 19 heavy (non-hydrogen) atoms. The summed E-state index contributed by atoms with van der Waals surface area (Å²) in [6.45, 7) is 1.97. The lowest BCUT2D eigenvalue weighted by molar-refractivity contribution is -0.135. The molecule has 0 amide bonds. The van der Waals surface area contributed by atoms with E-state index in [1.807, 2.05) is 0 Å². The number of rotatable bonds is 6. The summed E-state index contributed by atoms with van der Waals surface area (Å²) in [5, 5.41) is 2.88. The van der Waals surface area contributed by atoms with Crippen molar-refractivity contribution in [1.82, 2.24) is 5.32 Å². The number of hydrogen-bond acceptors (Lipinski definition) is 1. The van der Waals surface area contributed by atoms with Crippen molar-refractivity contribution in [2.24, 2.45) is 0 Å². The third-order valence-electron chi connectivity index (χ3n) is 2.76. The molecule has 1 N–H and O–H groups in total. The molecule has 0 aliphatic rings. The normalized spacial score (nSPS) is 13.6. The van der Waals surface area contributed by atoms with Gasteiger partial charge in [-0.15, -0.1) is 0 Å². The molecule has 1 nitrogen and oxygen atoms in total. The van der Waals surface area contributed by atoms with E-state index in [2.05, 4.69) is 5.32 Å². The predicted octanol–water partition coefficient (Wildman–Crippen LogP) is 4.35. The van der Waals surface area contributed by atoms with Crippen LogP contribution in [0.25, 0.3) is 0 Å². The minimum atomic E-state index is -4.14. The molecule has 0 fully saturated rings. The minimum Gasteiger partial charge on any atom is -0.310 e. The maximum Gasteiger partial charge on any atom is 0.389 e. The highest BCUT2D eigenvalue weighted by atomic mass is 19.4. The lowest BCUT2D eigenvalue weighted by atomic mass is 10.1. The Morgan fingerprint density at radius 1 is 1.16 bits per heavy atom. The summed E-state index contributed by atoms with van der Waals surface area (Å²) >= 11 is 0. The first-order chi connectivity index (χ1) is 8.79. The first-order valence-corrected chi connectivity index (χ1v) is 6.04. The monoisotopic (exact) mass is 281 g/mol. The van der Waals surface area contributed by atoms with Crippen LogP contribution in [0.15, 0.2) is 18.2 Å². The summed E-state index contributed by atoms with van der Waals surface area (Å²) in [6.07, 6.45) is -4.60. The van der Waals surface area contributed by atoms with E-state index in [9.17, 15) is 22.0 Å². The fraction of sp³-hybridized carbons (Fsp3) is 0.538. The first-order valence-electron chi connectivity index (χ1n) is 6.04. The summed E-state index contributed by atoms with van der Waals surface area (Å²) in [5.74, 6) is -1.07. The molecule has 0 radical (unpaired) electrons. The van der Waals surface area contributed by atoms with Crippen LogP contribution < -0.4 is 5.32 Å². The van der Waals surface area contributed by atoms with Gasteiger partial charge in [0.05, 0.1) is 0 Å². The van der Waals surface area contributed by atoms with Gasteiger partial charge in [-0.1, -0.05) is 0 Å². The fourth-order valence-corrected chi connectivity index (χ4v) is 1.73. The third kappa shape index (κ3) is 6.00. The van der Waals surface area contributed by atoms with Crippen LogP contribution in [0.3, 0.4) is 0 Å².